The van der Waals surface area contributed by atoms with E-state index in [1.165, 1.54) is 0 Å². The van der Waals surface area contributed by atoms with Crippen molar-refractivity contribution in [3.8, 4) is 0 Å². The first-order valence-electron chi connectivity index (χ1n) is 6.55. The summed E-state index contributed by atoms with van der Waals surface area (Å²) in [5.41, 5.74) is 1.82. The van der Waals surface area contributed by atoms with E-state index in [1.54, 1.807) is 11.8 Å². The molecule has 0 aromatic heterocycles. The quantitative estimate of drug-likeness (QED) is 0.858. The first-order chi connectivity index (χ1) is 8.95. The minimum absolute atomic E-state index is 0.0267. The van der Waals surface area contributed by atoms with E-state index in [2.05, 4.69) is 0 Å². The van der Waals surface area contributed by atoms with Crippen molar-refractivity contribution in [3.05, 3.63) is 29.8 Å². The van der Waals surface area contributed by atoms with Gasteiger partial charge in [-0.1, -0.05) is 26.0 Å². The maximum absolute atomic E-state index is 12.1. The zero-order chi connectivity index (χ0) is 14.4. The second-order valence-electron chi connectivity index (χ2n) is 4.83. The lowest BCUT2D eigenvalue weighted by molar-refractivity contribution is -0.140. The Morgan fingerprint density at radius 3 is 2.58 bits per heavy atom. The van der Waals surface area contributed by atoms with Crippen LogP contribution in [0.4, 0.5) is 5.69 Å². The molecule has 0 heterocycles. The minimum atomic E-state index is -0.887. The molecule has 1 aromatic rings. The summed E-state index contributed by atoms with van der Waals surface area (Å²) in [5.74, 6) is -1.50. The van der Waals surface area contributed by atoms with Gasteiger partial charge < -0.3 is 10.0 Å². The van der Waals surface area contributed by atoms with Gasteiger partial charge in [-0.2, -0.15) is 0 Å². The van der Waals surface area contributed by atoms with Crippen molar-refractivity contribution < 1.29 is 14.7 Å². The maximum Gasteiger partial charge on any atom is 0.308 e. The SMILES string of the molecule is CCCC(=O)N(CC(C)C(=O)O)c1cccc(C)c1. The normalized spacial score (nSPS) is 11.9. The van der Waals surface area contributed by atoms with E-state index < -0.39 is 11.9 Å². The Labute approximate surface area is 114 Å². The van der Waals surface area contributed by atoms with Crippen molar-refractivity contribution in [1.82, 2.24) is 0 Å². The Morgan fingerprint density at radius 1 is 1.37 bits per heavy atom. The zero-order valence-electron chi connectivity index (χ0n) is 11.7. The van der Waals surface area contributed by atoms with Gasteiger partial charge in [0.2, 0.25) is 5.91 Å². The van der Waals surface area contributed by atoms with Gasteiger partial charge in [0.15, 0.2) is 0 Å². The number of hydrogen-bond acceptors (Lipinski definition) is 2. The molecule has 1 rings (SSSR count). The molecule has 0 saturated heterocycles. The van der Waals surface area contributed by atoms with E-state index in [-0.39, 0.29) is 12.5 Å². The summed E-state index contributed by atoms with van der Waals surface area (Å²) >= 11 is 0. The molecule has 1 aromatic carbocycles. The number of carboxylic acids is 1. The van der Waals surface area contributed by atoms with Crippen molar-refractivity contribution in [3.63, 3.8) is 0 Å². The molecule has 0 spiro atoms. The van der Waals surface area contributed by atoms with Gasteiger partial charge in [-0.25, -0.2) is 0 Å². The highest BCUT2D eigenvalue weighted by Gasteiger charge is 2.21. The van der Waals surface area contributed by atoms with Crippen molar-refractivity contribution in [2.24, 2.45) is 5.92 Å². The van der Waals surface area contributed by atoms with Gasteiger partial charge in [0.1, 0.15) is 0 Å². The molecule has 0 saturated carbocycles. The number of rotatable bonds is 6. The van der Waals surface area contributed by atoms with Gasteiger partial charge in [0, 0.05) is 18.7 Å². The lowest BCUT2D eigenvalue weighted by atomic mass is 10.1. The summed E-state index contributed by atoms with van der Waals surface area (Å²) in [6.45, 7) is 5.71. The number of carbonyl (C=O) groups excluding carboxylic acids is 1. The molecule has 1 atom stereocenters. The summed E-state index contributed by atoms with van der Waals surface area (Å²) in [6, 6.07) is 7.58. The van der Waals surface area contributed by atoms with Crippen LogP contribution in [0.1, 0.15) is 32.3 Å². The molecule has 0 fully saturated rings. The van der Waals surface area contributed by atoms with Crippen LogP contribution in [0, 0.1) is 12.8 Å². The Morgan fingerprint density at radius 2 is 2.05 bits per heavy atom. The second-order valence-corrected chi connectivity index (χ2v) is 4.83. The number of nitrogens with zero attached hydrogens (tertiary/aromatic N) is 1. The summed E-state index contributed by atoms with van der Waals surface area (Å²) in [5, 5.41) is 9.01. The second kappa shape index (κ2) is 6.92. The number of anilines is 1. The van der Waals surface area contributed by atoms with Gasteiger partial charge >= 0.3 is 5.97 Å². The summed E-state index contributed by atoms with van der Waals surface area (Å²) in [7, 11) is 0. The van der Waals surface area contributed by atoms with Crippen LogP contribution in [0.2, 0.25) is 0 Å². The highest BCUT2D eigenvalue weighted by atomic mass is 16.4. The lowest BCUT2D eigenvalue weighted by Crippen LogP contribution is -2.36. The average molecular weight is 263 g/mol. The van der Waals surface area contributed by atoms with Crippen LogP contribution < -0.4 is 4.90 Å². The van der Waals surface area contributed by atoms with Crippen LogP contribution in [0.3, 0.4) is 0 Å². The van der Waals surface area contributed by atoms with Crippen LogP contribution >= 0.6 is 0 Å². The third-order valence-electron chi connectivity index (χ3n) is 2.96. The molecule has 0 aliphatic heterocycles. The molecule has 0 aliphatic rings. The average Bonchev–Trinajstić information content (AvgIpc) is 2.35. The van der Waals surface area contributed by atoms with Crippen molar-refractivity contribution in [2.45, 2.75) is 33.6 Å². The summed E-state index contributed by atoms with van der Waals surface area (Å²) in [6.07, 6.45) is 1.18. The van der Waals surface area contributed by atoms with Crippen molar-refractivity contribution >= 4 is 17.6 Å². The lowest BCUT2D eigenvalue weighted by Gasteiger charge is -2.25. The topological polar surface area (TPSA) is 57.6 Å². The molecule has 4 nitrogen and oxygen atoms in total. The summed E-state index contributed by atoms with van der Waals surface area (Å²) in [4.78, 5) is 24.7. The van der Waals surface area contributed by atoms with Crippen LogP contribution in [-0.2, 0) is 9.59 Å². The van der Waals surface area contributed by atoms with E-state index in [0.29, 0.717) is 6.42 Å². The van der Waals surface area contributed by atoms with E-state index in [0.717, 1.165) is 17.7 Å². The van der Waals surface area contributed by atoms with Crippen LogP contribution in [0.25, 0.3) is 0 Å². The van der Waals surface area contributed by atoms with Crippen LogP contribution in [-0.4, -0.2) is 23.5 Å². The van der Waals surface area contributed by atoms with Gasteiger partial charge in [0.25, 0.3) is 0 Å². The van der Waals surface area contributed by atoms with Gasteiger partial charge in [-0.15, -0.1) is 0 Å². The molecule has 1 unspecified atom stereocenters. The van der Waals surface area contributed by atoms with Gasteiger partial charge in [0.05, 0.1) is 5.92 Å². The fraction of sp³-hybridized carbons (Fsp3) is 0.467. The largest absolute Gasteiger partial charge is 0.481 e. The van der Waals surface area contributed by atoms with E-state index >= 15 is 0 Å². The van der Waals surface area contributed by atoms with Gasteiger partial charge in [-0.3, -0.25) is 9.59 Å². The number of carbonyl (C=O) groups is 2. The predicted octanol–water partition coefficient (Wildman–Crippen LogP) is 2.85. The fourth-order valence-corrected chi connectivity index (χ4v) is 1.85. The van der Waals surface area contributed by atoms with Gasteiger partial charge in [-0.05, 0) is 31.0 Å². The Bertz CT molecular complexity index is 456. The standard InChI is InChI=1S/C15H21NO3/c1-4-6-14(17)16(10-12(3)15(18)19)13-8-5-7-11(2)9-13/h5,7-9,12H,4,6,10H2,1-3H3,(H,18,19). The Kier molecular flexibility index (Phi) is 5.55. The molecule has 0 bridgehead atoms. The maximum atomic E-state index is 12.1. The number of aliphatic carboxylic acids is 1. The number of aryl methyl sites for hydroxylation is 1. The third kappa shape index (κ3) is 4.39. The van der Waals surface area contributed by atoms with E-state index in [9.17, 15) is 9.59 Å². The molecule has 0 radical (unpaired) electrons. The summed E-state index contributed by atoms with van der Waals surface area (Å²) < 4.78 is 0. The number of benzene rings is 1. The molecule has 1 amide bonds. The third-order valence-corrected chi connectivity index (χ3v) is 2.96. The van der Waals surface area contributed by atoms with Crippen molar-refractivity contribution in [2.75, 3.05) is 11.4 Å². The first-order valence-corrected chi connectivity index (χ1v) is 6.55. The van der Waals surface area contributed by atoms with E-state index in [4.69, 9.17) is 5.11 Å². The smallest absolute Gasteiger partial charge is 0.308 e. The fourth-order valence-electron chi connectivity index (χ4n) is 1.85. The molecule has 0 aliphatic carbocycles. The molecule has 19 heavy (non-hydrogen) atoms. The van der Waals surface area contributed by atoms with E-state index in [1.807, 2.05) is 38.1 Å². The Balaban J connectivity index is 2.98. The molecule has 104 valence electrons. The number of carboxylic acid groups (broad SMARTS) is 1. The molecular weight excluding hydrogens is 242 g/mol. The number of hydrogen-bond donors (Lipinski definition) is 1. The first kappa shape index (κ1) is 15.2. The molecule has 1 N–H and O–H groups in total. The van der Waals surface area contributed by atoms with Crippen LogP contribution in [0.5, 0.6) is 0 Å². The highest BCUT2D eigenvalue weighted by Crippen LogP contribution is 2.19. The zero-order valence-corrected chi connectivity index (χ0v) is 11.7. The predicted molar refractivity (Wildman–Crippen MR) is 75.2 cm³/mol. The Hall–Kier alpha value is -1.84. The highest BCUT2D eigenvalue weighted by molar-refractivity contribution is 5.94. The molecule has 4 heteroatoms. The molecular formula is C15H21NO3. The number of amides is 1. The minimum Gasteiger partial charge on any atom is -0.481 e. The monoisotopic (exact) mass is 263 g/mol. The van der Waals surface area contributed by atoms with Crippen molar-refractivity contribution in [1.29, 1.82) is 0 Å². The van der Waals surface area contributed by atoms with Crippen LogP contribution in [0.15, 0.2) is 24.3 Å².